The van der Waals surface area contributed by atoms with Crippen molar-refractivity contribution >= 4 is 17.3 Å². The number of nitrogens with one attached hydrogen (secondary N) is 2. The molecule has 27 heavy (non-hydrogen) atoms. The van der Waals surface area contributed by atoms with E-state index in [0.717, 1.165) is 43.3 Å². The van der Waals surface area contributed by atoms with Crippen LogP contribution < -0.4 is 10.6 Å². The van der Waals surface area contributed by atoms with E-state index in [-0.39, 0.29) is 6.04 Å². The van der Waals surface area contributed by atoms with Gasteiger partial charge < -0.3 is 10.6 Å². The summed E-state index contributed by atoms with van der Waals surface area (Å²) in [7, 11) is 2.00. The van der Waals surface area contributed by atoms with Crippen molar-refractivity contribution in [3.63, 3.8) is 0 Å². The number of rotatable bonds is 8. The average Bonchev–Trinajstić information content (AvgIpc) is 3.16. The van der Waals surface area contributed by atoms with Crippen LogP contribution in [0.5, 0.6) is 0 Å². The van der Waals surface area contributed by atoms with Gasteiger partial charge in [-0.25, -0.2) is 4.98 Å². The van der Waals surface area contributed by atoms with E-state index < -0.39 is 0 Å². The fourth-order valence-corrected chi connectivity index (χ4v) is 3.88. The second-order valence-corrected chi connectivity index (χ2v) is 8.25. The third-order valence-electron chi connectivity index (χ3n) is 4.60. The highest BCUT2D eigenvalue weighted by molar-refractivity contribution is 7.09. The lowest BCUT2D eigenvalue weighted by molar-refractivity contribution is 0.635. The fourth-order valence-electron chi connectivity index (χ4n) is 3.01. The Balaban J connectivity index is 1.93. The largest absolute Gasteiger partial charge is 0.357 e. The first kappa shape index (κ1) is 21.4. The number of hydrogen-bond donors (Lipinski definition) is 2. The Hall–Kier alpha value is -1.89. The minimum atomic E-state index is 0.274. The second kappa shape index (κ2) is 9.88. The summed E-state index contributed by atoms with van der Waals surface area (Å²) in [4.78, 5) is 9.42. The normalized spacial score (nSPS) is 13.3. The Bertz CT molecular complexity index is 759. The summed E-state index contributed by atoms with van der Waals surface area (Å²) in [6.45, 7) is 14.4. The van der Waals surface area contributed by atoms with E-state index >= 15 is 0 Å². The van der Waals surface area contributed by atoms with Gasteiger partial charge in [0.25, 0.3) is 0 Å². The fraction of sp³-hybridized carbons (Fsp3) is 0.650. The monoisotopic (exact) mass is 390 g/mol. The molecule has 1 unspecified atom stereocenters. The number of aryl methyl sites for hydroxylation is 2. The quantitative estimate of drug-likeness (QED) is 0.536. The zero-order valence-electron chi connectivity index (χ0n) is 17.8. The van der Waals surface area contributed by atoms with Gasteiger partial charge in [-0.3, -0.25) is 9.67 Å². The van der Waals surface area contributed by atoms with Crippen LogP contribution in [0.25, 0.3) is 0 Å². The first-order valence-electron chi connectivity index (χ1n) is 9.80. The summed E-state index contributed by atoms with van der Waals surface area (Å²) in [5, 5.41) is 14.7. The summed E-state index contributed by atoms with van der Waals surface area (Å²) in [5.74, 6) is 1.36. The molecule has 7 heteroatoms. The minimum Gasteiger partial charge on any atom is -0.357 e. The minimum absolute atomic E-state index is 0.274. The van der Waals surface area contributed by atoms with Gasteiger partial charge in [-0.2, -0.15) is 5.10 Å². The molecular formula is C20H34N6S. The van der Waals surface area contributed by atoms with Gasteiger partial charge in [-0.1, -0.05) is 13.8 Å². The highest BCUT2D eigenvalue weighted by Gasteiger charge is 2.14. The maximum atomic E-state index is 4.73. The molecule has 0 fully saturated rings. The van der Waals surface area contributed by atoms with E-state index in [2.05, 4.69) is 62.7 Å². The molecule has 0 aromatic carbocycles. The molecule has 2 aromatic rings. The predicted octanol–water partition coefficient (Wildman–Crippen LogP) is 3.35. The standard InChI is InChI=1S/C20H34N6S/c1-8-21-20(22-10-9-17-12-27-19(24-17)13(2)3)23-14(4)11-18-15(5)25-26(7)16(18)6/h12-14H,8-11H2,1-7H3,(H2,21,22,23). The van der Waals surface area contributed by atoms with E-state index in [9.17, 15) is 0 Å². The number of hydrogen-bond acceptors (Lipinski definition) is 4. The summed E-state index contributed by atoms with van der Waals surface area (Å²) < 4.78 is 1.95. The molecule has 6 nitrogen and oxygen atoms in total. The molecular weight excluding hydrogens is 356 g/mol. The molecule has 0 radical (unpaired) electrons. The Morgan fingerprint density at radius 2 is 2.04 bits per heavy atom. The maximum Gasteiger partial charge on any atom is 0.191 e. The van der Waals surface area contributed by atoms with Crippen molar-refractivity contribution in [3.05, 3.63) is 33.0 Å². The molecule has 2 rings (SSSR count). The lowest BCUT2D eigenvalue weighted by atomic mass is 10.1. The molecule has 0 amide bonds. The van der Waals surface area contributed by atoms with Crippen molar-refractivity contribution in [1.29, 1.82) is 0 Å². The number of thiazole rings is 1. The van der Waals surface area contributed by atoms with Gasteiger partial charge >= 0.3 is 0 Å². The van der Waals surface area contributed by atoms with Gasteiger partial charge in [0, 0.05) is 49.6 Å². The van der Waals surface area contributed by atoms with Crippen molar-refractivity contribution in [3.8, 4) is 0 Å². The Labute approximate surface area is 167 Å². The smallest absolute Gasteiger partial charge is 0.191 e. The van der Waals surface area contributed by atoms with E-state index in [0.29, 0.717) is 5.92 Å². The van der Waals surface area contributed by atoms with Gasteiger partial charge in [0.05, 0.1) is 16.4 Å². The van der Waals surface area contributed by atoms with Crippen LogP contribution in [0.2, 0.25) is 0 Å². The topological polar surface area (TPSA) is 67.1 Å². The van der Waals surface area contributed by atoms with Crippen molar-refractivity contribution in [2.75, 3.05) is 13.1 Å². The highest BCUT2D eigenvalue weighted by atomic mass is 32.1. The zero-order chi connectivity index (χ0) is 20.0. The number of guanidine groups is 1. The third kappa shape index (κ3) is 6.06. The van der Waals surface area contributed by atoms with Crippen LogP contribution in [0, 0.1) is 13.8 Å². The second-order valence-electron chi connectivity index (χ2n) is 7.36. The Kier molecular flexibility index (Phi) is 7.83. The van der Waals surface area contributed by atoms with Gasteiger partial charge in [-0.15, -0.1) is 11.3 Å². The van der Waals surface area contributed by atoms with Crippen LogP contribution in [-0.4, -0.2) is 39.9 Å². The Morgan fingerprint density at radius 3 is 2.59 bits per heavy atom. The van der Waals surface area contributed by atoms with Crippen LogP contribution in [0.4, 0.5) is 0 Å². The van der Waals surface area contributed by atoms with Gasteiger partial charge in [0.2, 0.25) is 0 Å². The molecule has 2 N–H and O–H groups in total. The lowest BCUT2D eigenvalue weighted by Gasteiger charge is -2.18. The van der Waals surface area contributed by atoms with Gasteiger partial charge in [0.15, 0.2) is 5.96 Å². The number of aromatic nitrogens is 3. The molecule has 2 aromatic heterocycles. The molecule has 2 heterocycles. The predicted molar refractivity (Wildman–Crippen MR) is 115 cm³/mol. The molecule has 1 atom stereocenters. The molecule has 0 spiro atoms. The average molecular weight is 391 g/mol. The molecule has 0 bridgehead atoms. The van der Waals surface area contributed by atoms with Crippen molar-refractivity contribution in [1.82, 2.24) is 25.4 Å². The summed E-state index contributed by atoms with van der Waals surface area (Å²) in [5.41, 5.74) is 4.79. The maximum absolute atomic E-state index is 4.73. The lowest BCUT2D eigenvalue weighted by Crippen LogP contribution is -2.43. The number of aliphatic imine (C=N–C) groups is 1. The van der Waals surface area contributed by atoms with Crippen LogP contribution in [0.15, 0.2) is 10.4 Å². The van der Waals surface area contributed by atoms with E-state index in [1.807, 2.05) is 11.7 Å². The van der Waals surface area contributed by atoms with Crippen LogP contribution in [0.1, 0.15) is 61.3 Å². The van der Waals surface area contributed by atoms with Crippen molar-refractivity contribution in [2.45, 2.75) is 66.3 Å². The van der Waals surface area contributed by atoms with E-state index in [4.69, 9.17) is 9.98 Å². The molecule has 150 valence electrons. The van der Waals surface area contributed by atoms with E-state index in [1.54, 1.807) is 11.3 Å². The SMILES string of the molecule is CCNC(=NCCc1csc(C(C)C)n1)NC(C)Cc1c(C)nn(C)c1C. The molecule has 0 saturated carbocycles. The van der Waals surface area contributed by atoms with Crippen LogP contribution in [0.3, 0.4) is 0 Å². The molecule has 0 aliphatic carbocycles. The highest BCUT2D eigenvalue weighted by Crippen LogP contribution is 2.19. The first-order chi connectivity index (χ1) is 12.8. The van der Waals surface area contributed by atoms with Gasteiger partial charge in [-0.05, 0) is 39.7 Å². The molecule has 0 aliphatic heterocycles. The first-order valence-corrected chi connectivity index (χ1v) is 10.7. The summed E-state index contributed by atoms with van der Waals surface area (Å²) in [6.07, 6.45) is 1.80. The van der Waals surface area contributed by atoms with Crippen molar-refractivity contribution in [2.24, 2.45) is 12.0 Å². The third-order valence-corrected chi connectivity index (χ3v) is 5.79. The Morgan fingerprint density at radius 1 is 1.30 bits per heavy atom. The van der Waals surface area contributed by atoms with E-state index in [1.165, 1.54) is 16.3 Å². The van der Waals surface area contributed by atoms with Crippen LogP contribution in [-0.2, 0) is 19.9 Å². The molecule has 0 saturated heterocycles. The van der Waals surface area contributed by atoms with Gasteiger partial charge in [0.1, 0.15) is 0 Å². The zero-order valence-corrected chi connectivity index (χ0v) is 18.6. The number of nitrogens with zero attached hydrogens (tertiary/aromatic N) is 4. The summed E-state index contributed by atoms with van der Waals surface area (Å²) in [6, 6.07) is 0.274. The molecule has 0 aliphatic rings. The van der Waals surface area contributed by atoms with Crippen molar-refractivity contribution < 1.29 is 0 Å². The summed E-state index contributed by atoms with van der Waals surface area (Å²) >= 11 is 1.74. The van der Waals surface area contributed by atoms with Crippen LogP contribution >= 0.6 is 11.3 Å².